The van der Waals surface area contributed by atoms with Gasteiger partial charge in [-0.3, -0.25) is 0 Å². The van der Waals surface area contributed by atoms with Gasteiger partial charge in [-0.05, 0) is 10.8 Å². The van der Waals surface area contributed by atoms with E-state index >= 15 is 0 Å². The third kappa shape index (κ3) is 1.82. The highest BCUT2D eigenvalue weighted by Crippen LogP contribution is 2.35. The van der Waals surface area contributed by atoms with Gasteiger partial charge in [0.1, 0.15) is 0 Å². The van der Waals surface area contributed by atoms with Gasteiger partial charge in [-0.25, -0.2) is 0 Å². The van der Waals surface area contributed by atoms with Crippen LogP contribution in [0.1, 0.15) is 0 Å². The number of hydrogen-bond donors (Lipinski definition) is 0. The molecule has 0 radical (unpaired) electrons. The summed E-state index contributed by atoms with van der Waals surface area (Å²) in [4.78, 5) is 2.39. The van der Waals surface area contributed by atoms with Crippen LogP contribution >= 0.6 is 23.5 Å². The first-order chi connectivity index (χ1) is 4.86. The largest absolute Gasteiger partial charge is 0.104 e. The van der Waals surface area contributed by atoms with Crippen molar-refractivity contribution in [2.75, 3.05) is 0 Å². The van der Waals surface area contributed by atoms with Gasteiger partial charge in [0.25, 0.3) is 0 Å². The minimum Gasteiger partial charge on any atom is -0.104 e. The fourth-order valence-electron chi connectivity index (χ4n) is 0.532. The van der Waals surface area contributed by atoms with Crippen LogP contribution in [-0.4, -0.2) is 0 Å². The second-order valence-electron chi connectivity index (χ2n) is 1.69. The molecule has 0 amide bonds. The van der Waals surface area contributed by atoms with Crippen molar-refractivity contribution in [3.05, 3.63) is 45.9 Å². The van der Waals surface area contributed by atoms with Crippen LogP contribution in [0.15, 0.2) is 45.9 Å². The summed E-state index contributed by atoms with van der Waals surface area (Å²) in [5.74, 6) is 0. The minimum absolute atomic E-state index is 1.20. The van der Waals surface area contributed by atoms with Crippen LogP contribution in [0.3, 0.4) is 0 Å². The van der Waals surface area contributed by atoms with Crippen LogP contribution in [-0.2, 0) is 0 Å². The SMILES string of the molecule is C=CC1=CSC=C(C=C)S1. The molecule has 0 fully saturated rings. The maximum atomic E-state index is 3.69. The lowest BCUT2D eigenvalue weighted by atomic mass is 10.6. The molecular formula is C8H8S2. The Morgan fingerprint density at radius 3 is 2.00 bits per heavy atom. The van der Waals surface area contributed by atoms with Crippen molar-refractivity contribution < 1.29 is 0 Å². The normalized spacial score (nSPS) is 17.2. The van der Waals surface area contributed by atoms with Gasteiger partial charge in [-0.2, -0.15) is 0 Å². The predicted octanol–water partition coefficient (Wildman–Crippen LogP) is 3.52. The molecule has 0 N–H and O–H groups in total. The molecule has 0 saturated heterocycles. The van der Waals surface area contributed by atoms with Crippen molar-refractivity contribution >= 4 is 23.5 Å². The maximum Gasteiger partial charge on any atom is 0.0183 e. The Kier molecular flexibility index (Phi) is 2.90. The summed E-state index contributed by atoms with van der Waals surface area (Å²) in [7, 11) is 0. The summed E-state index contributed by atoms with van der Waals surface area (Å²) >= 11 is 3.37. The lowest BCUT2D eigenvalue weighted by Crippen LogP contribution is -1.75. The molecule has 0 aromatic heterocycles. The topological polar surface area (TPSA) is 0 Å². The maximum absolute atomic E-state index is 3.69. The molecule has 0 nitrogen and oxygen atoms in total. The summed E-state index contributed by atoms with van der Waals surface area (Å²) in [6.07, 6.45) is 3.71. The van der Waals surface area contributed by atoms with Crippen LogP contribution in [0, 0.1) is 0 Å². The van der Waals surface area contributed by atoms with E-state index in [1.807, 2.05) is 12.2 Å². The summed E-state index contributed by atoms with van der Waals surface area (Å²) < 4.78 is 0. The molecule has 0 atom stereocenters. The van der Waals surface area contributed by atoms with Crippen molar-refractivity contribution in [2.24, 2.45) is 0 Å². The Balaban J connectivity index is 2.65. The van der Waals surface area contributed by atoms with E-state index in [9.17, 15) is 0 Å². The molecule has 2 heteroatoms. The average molecular weight is 168 g/mol. The molecule has 0 aromatic carbocycles. The second kappa shape index (κ2) is 3.74. The summed E-state index contributed by atoms with van der Waals surface area (Å²) in [6.45, 7) is 7.38. The van der Waals surface area contributed by atoms with Crippen LogP contribution < -0.4 is 0 Å². The second-order valence-corrected chi connectivity index (χ2v) is 3.58. The highest BCUT2D eigenvalue weighted by Gasteiger charge is 2.00. The van der Waals surface area contributed by atoms with Crippen LogP contribution in [0.25, 0.3) is 0 Å². The van der Waals surface area contributed by atoms with Gasteiger partial charge in [-0.15, -0.1) is 11.8 Å². The van der Waals surface area contributed by atoms with E-state index in [2.05, 4.69) is 24.0 Å². The Labute approximate surface area is 69.8 Å². The molecule has 1 aliphatic rings. The van der Waals surface area contributed by atoms with E-state index in [0.717, 1.165) is 0 Å². The first kappa shape index (κ1) is 7.76. The number of hydrogen-bond acceptors (Lipinski definition) is 2. The summed E-state index contributed by atoms with van der Waals surface area (Å²) in [5, 5.41) is 4.15. The van der Waals surface area contributed by atoms with E-state index in [4.69, 9.17) is 0 Å². The molecule has 0 bridgehead atoms. The monoisotopic (exact) mass is 168 g/mol. The first-order valence-corrected chi connectivity index (χ1v) is 4.61. The zero-order valence-electron chi connectivity index (χ0n) is 5.54. The third-order valence-electron chi connectivity index (χ3n) is 1.01. The quantitative estimate of drug-likeness (QED) is 0.618. The molecule has 0 aromatic rings. The van der Waals surface area contributed by atoms with E-state index in [1.54, 1.807) is 23.5 Å². The fourth-order valence-corrected chi connectivity index (χ4v) is 2.22. The molecule has 10 heavy (non-hydrogen) atoms. The van der Waals surface area contributed by atoms with E-state index in [-0.39, 0.29) is 0 Å². The average Bonchev–Trinajstić information content (AvgIpc) is 2.05. The molecular weight excluding hydrogens is 160 g/mol. The van der Waals surface area contributed by atoms with E-state index in [0.29, 0.717) is 0 Å². The number of thioether (sulfide) groups is 2. The molecule has 0 aliphatic carbocycles. The van der Waals surface area contributed by atoms with Crippen molar-refractivity contribution in [1.29, 1.82) is 0 Å². The van der Waals surface area contributed by atoms with Crippen molar-refractivity contribution in [2.45, 2.75) is 0 Å². The lowest BCUT2D eigenvalue weighted by molar-refractivity contribution is 1.95. The zero-order valence-corrected chi connectivity index (χ0v) is 7.17. The van der Waals surface area contributed by atoms with Gasteiger partial charge >= 0.3 is 0 Å². The molecule has 0 saturated carbocycles. The summed E-state index contributed by atoms with van der Waals surface area (Å²) in [5.41, 5.74) is 0. The highest BCUT2D eigenvalue weighted by atomic mass is 32.2. The van der Waals surface area contributed by atoms with Gasteiger partial charge in [0, 0.05) is 9.81 Å². The first-order valence-electron chi connectivity index (χ1n) is 2.85. The third-order valence-corrected chi connectivity index (χ3v) is 3.13. The smallest absolute Gasteiger partial charge is 0.0183 e. The molecule has 1 rings (SSSR count). The Morgan fingerprint density at radius 1 is 1.10 bits per heavy atom. The summed E-state index contributed by atoms with van der Waals surface area (Å²) in [6, 6.07) is 0. The van der Waals surface area contributed by atoms with E-state index < -0.39 is 0 Å². The van der Waals surface area contributed by atoms with Crippen LogP contribution in [0.2, 0.25) is 0 Å². The zero-order chi connectivity index (χ0) is 7.40. The minimum atomic E-state index is 1.20. The van der Waals surface area contributed by atoms with Gasteiger partial charge < -0.3 is 0 Å². The van der Waals surface area contributed by atoms with Gasteiger partial charge in [-0.1, -0.05) is 37.1 Å². The lowest BCUT2D eigenvalue weighted by Gasteiger charge is -2.06. The van der Waals surface area contributed by atoms with Crippen molar-refractivity contribution in [3.8, 4) is 0 Å². The van der Waals surface area contributed by atoms with Gasteiger partial charge in [0.05, 0.1) is 0 Å². The number of rotatable bonds is 2. The predicted molar refractivity (Wildman–Crippen MR) is 51.7 cm³/mol. The Hall–Kier alpha value is -0.340. The van der Waals surface area contributed by atoms with Crippen LogP contribution in [0.5, 0.6) is 0 Å². The van der Waals surface area contributed by atoms with Crippen LogP contribution in [0.4, 0.5) is 0 Å². The number of allylic oxidation sites excluding steroid dienone is 2. The molecule has 1 aliphatic heterocycles. The van der Waals surface area contributed by atoms with Gasteiger partial charge in [0.2, 0.25) is 0 Å². The van der Waals surface area contributed by atoms with Crippen molar-refractivity contribution in [1.82, 2.24) is 0 Å². The molecule has 0 spiro atoms. The highest BCUT2D eigenvalue weighted by molar-refractivity contribution is 8.12. The molecule has 52 valence electrons. The Bertz CT molecular complexity index is 189. The Morgan fingerprint density at radius 2 is 1.60 bits per heavy atom. The molecule has 1 heterocycles. The van der Waals surface area contributed by atoms with E-state index in [1.165, 1.54) is 9.81 Å². The van der Waals surface area contributed by atoms with Crippen molar-refractivity contribution in [3.63, 3.8) is 0 Å². The molecule has 0 unspecified atom stereocenters. The standard InChI is InChI=1S/C8H8S2/c1-3-7-5-9-6-8(4-2)10-7/h3-6H,1-2H2. The fraction of sp³-hybridized carbons (Fsp3) is 0. The van der Waals surface area contributed by atoms with Gasteiger partial charge in [0.15, 0.2) is 0 Å².